The second-order valence-electron chi connectivity index (χ2n) is 3.11. The Bertz CT molecular complexity index is 465. The number of nitrogens with zero attached hydrogens (tertiary/aromatic N) is 1. The maximum atomic E-state index is 11.7. The zero-order valence-corrected chi connectivity index (χ0v) is 8.19. The molecule has 0 fully saturated rings. The van der Waals surface area contributed by atoms with E-state index in [0.717, 1.165) is 4.90 Å². The maximum absolute atomic E-state index is 11.7. The fourth-order valence-corrected chi connectivity index (χ4v) is 1.56. The van der Waals surface area contributed by atoms with E-state index in [9.17, 15) is 9.59 Å². The third-order valence-electron chi connectivity index (χ3n) is 2.29. The lowest BCUT2D eigenvalue weighted by molar-refractivity contribution is -0.112. The van der Waals surface area contributed by atoms with Crippen molar-refractivity contribution >= 4 is 23.3 Å². The molecule has 0 spiro atoms. The van der Waals surface area contributed by atoms with E-state index in [0.29, 0.717) is 16.8 Å². The van der Waals surface area contributed by atoms with E-state index in [2.05, 4.69) is 11.3 Å². The Labute approximate surface area is 86.8 Å². The van der Waals surface area contributed by atoms with Crippen molar-refractivity contribution in [1.29, 1.82) is 0 Å². The van der Waals surface area contributed by atoms with Gasteiger partial charge in [-0.15, -0.1) is 0 Å². The van der Waals surface area contributed by atoms with Crippen LogP contribution < -0.4 is 4.90 Å². The Hall–Kier alpha value is -2.10. The normalized spacial score (nSPS) is 14.1. The van der Waals surface area contributed by atoms with Crippen molar-refractivity contribution in [3.05, 3.63) is 36.4 Å². The lowest BCUT2D eigenvalue weighted by Gasteiger charge is -2.12. The molecule has 1 aliphatic heterocycles. The Morgan fingerprint density at radius 2 is 2.07 bits per heavy atom. The largest absolute Gasteiger partial charge is 0.452 e. The zero-order chi connectivity index (χ0) is 11.0. The van der Waals surface area contributed by atoms with Crippen LogP contribution in [0.3, 0.4) is 0 Å². The standard InChI is InChI=1S/C11H9NO3/c1-7-8-5-3-4-6-9(8)12(10(7)13)11(14)15-2/h3-6H,1H2,2H3. The van der Waals surface area contributed by atoms with Gasteiger partial charge in [-0.05, 0) is 6.07 Å². The molecular weight excluding hydrogens is 194 g/mol. The smallest absolute Gasteiger partial charge is 0.421 e. The molecule has 2 amide bonds. The fourth-order valence-electron chi connectivity index (χ4n) is 1.56. The van der Waals surface area contributed by atoms with Crippen LogP contribution in [0.4, 0.5) is 10.5 Å². The number of hydrogen-bond donors (Lipinski definition) is 0. The van der Waals surface area contributed by atoms with Gasteiger partial charge in [0.2, 0.25) is 0 Å². The van der Waals surface area contributed by atoms with Crippen LogP contribution in [0.1, 0.15) is 5.56 Å². The third kappa shape index (κ3) is 1.22. The van der Waals surface area contributed by atoms with Crippen molar-refractivity contribution in [3.8, 4) is 0 Å². The van der Waals surface area contributed by atoms with Crippen molar-refractivity contribution in [2.45, 2.75) is 0 Å². The summed E-state index contributed by atoms with van der Waals surface area (Å²) in [6.07, 6.45) is -0.689. The number of carbonyl (C=O) groups excluding carboxylic acids is 2. The Kier molecular flexibility index (Phi) is 2.04. The van der Waals surface area contributed by atoms with E-state index in [-0.39, 0.29) is 0 Å². The number of imide groups is 1. The molecule has 0 bridgehead atoms. The van der Waals surface area contributed by atoms with Gasteiger partial charge in [0, 0.05) is 11.1 Å². The fraction of sp³-hybridized carbons (Fsp3) is 0.0909. The van der Waals surface area contributed by atoms with E-state index in [1.807, 2.05) is 0 Å². The summed E-state index contributed by atoms with van der Waals surface area (Å²) in [5.41, 5.74) is 1.52. The van der Waals surface area contributed by atoms with E-state index in [1.165, 1.54) is 7.11 Å². The maximum Gasteiger partial charge on any atom is 0.421 e. The molecular formula is C11H9NO3. The van der Waals surface area contributed by atoms with E-state index in [4.69, 9.17) is 0 Å². The minimum atomic E-state index is -0.689. The van der Waals surface area contributed by atoms with Crippen molar-refractivity contribution in [3.63, 3.8) is 0 Å². The first-order valence-corrected chi connectivity index (χ1v) is 4.37. The monoisotopic (exact) mass is 203 g/mol. The summed E-state index contributed by atoms with van der Waals surface area (Å²) in [4.78, 5) is 24.0. The molecule has 0 aromatic heterocycles. The number of ether oxygens (including phenoxy) is 1. The number of fused-ring (bicyclic) bond motifs is 1. The number of rotatable bonds is 0. The number of carbonyl (C=O) groups is 2. The van der Waals surface area contributed by atoms with Gasteiger partial charge in [-0.25, -0.2) is 9.69 Å². The summed E-state index contributed by atoms with van der Waals surface area (Å²) in [5, 5.41) is 0. The molecule has 0 saturated heterocycles. The highest BCUT2D eigenvalue weighted by Crippen LogP contribution is 2.35. The average Bonchev–Trinajstić information content (AvgIpc) is 2.52. The van der Waals surface area contributed by atoms with Crippen LogP contribution in [0.25, 0.3) is 5.57 Å². The number of methoxy groups -OCH3 is 1. The number of benzene rings is 1. The van der Waals surface area contributed by atoms with Crippen LogP contribution in [0.2, 0.25) is 0 Å². The lowest BCUT2D eigenvalue weighted by atomic mass is 10.1. The van der Waals surface area contributed by atoms with E-state index in [1.54, 1.807) is 24.3 Å². The average molecular weight is 203 g/mol. The topological polar surface area (TPSA) is 46.6 Å². The summed E-state index contributed by atoms with van der Waals surface area (Å²) in [6, 6.07) is 6.97. The molecule has 0 atom stereocenters. The van der Waals surface area contributed by atoms with Crippen LogP contribution in [0, 0.1) is 0 Å². The highest BCUT2D eigenvalue weighted by atomic mass is 16.5. The van der Waals surface area contributed by atoms with Crippen molar-refractivity contribution < 1.29 is 14.3 Å². The molecule has 1 aromatic rings. The second-order valence-corrected chi connectivity index (χ2v) is 3.11. The van der Waals surface area contributed by atoms with Crippen molar-refractivity contribution in [2.24, 2.45) is 0 Å². The zero-order valence-electron chi connectivity index (χ0n) is 8.19. The summed E-state index contributed by atoms with van der Waals surface area (Å²) in [6.45, 7) is 3.64. The highest BCUT2D eigenvalue weighted by Gasteiger charge is 2.35. The summed E-state index contributed by atoms with van der Waals surface area (Å²) < 4.78 is 4.53. The van der Waals surface area contributed by atoms with Crippen molar-refractivity contribution in [2.75, 3.05) is 12.0 Å². The summed E-state index contributed by atoms with van der Waals surface area (Å²) in [7, 11) is 1.24. The Morgan fingerprint density at radius 3 is 2.73 bits per heavy atom. The van der Waals surface area contributed by atoms with Crippen molar-refractivity contribution in [1.82, 2.24) is 0 Å². The van der Waals surface area contributed by atoms with Gasteiger partial charge in [0.1, 0.15) is 0 Å². The van der Waals surface area contributed by atoms with E-state index < -0.39 is 12.0 Å². The summed E-state index contributed by atoms with van der Waals surface area (Å²) in [5.74, 6) is -0.428. The van der Waals surface area contributed by atoms with Crippen LogP contribution in [0.15, 0.2) is 30.8 Å². The molecule has 2 rings (SSSR count). The van der Waals surface area contributed by atoms with Gasteiger partial charge in [0.05, 0.1) is 12.8 Å². The third-order valence-corrected chi connectivity index (χ3v) is 2.29. The van der Waals surface area contributed by atoms with Crippen LogP contribution >= 0.6 is 0 Å². The molecule has 1 aromatic carbocycles. The highest BCUT2D eigenvalue weighted by molar-refractivity contribution is 6.38. The number of para-hydroxylation sites is 1. The molecule has 0 N–H and O–H groups in total. The van der Waals surface area contributed by atoms with Crippen LogP contribution in [0.5, 0.6) is 0 Å². The molecule has 1 aliphatic rings. The van der Waals surface area contributed by atoms with E-state index >= 15 is 0 Å². The lowest BCUT2D eigenvalue weighted by Crippen LogP contribution is -2.33. The van der Waals surface area contributed by atoms with Gasteiger partial charge >= 0.3 is 6.09 Å². The van der Waals surface area contributed by atoms with Gasteiger partial charge in [0.25, 0.3) is 5.91 Å². The van der Waals surface area contributed by atoms with Gasteiger partial charge in [0.15, 0.2) is 0 Å². The van der Waals surface area contributed by atoms with Gasteiger partial charge < -0.3 is 4.74 Å². The van der Waals surface area contributed by atoms with Crippen LogP contribution in [-0.2, 0) is 9.53 Å². The molecule has 0 unspecified atom stereocenters. The Balaban J connectivity index is 2.56. The molecule has 0 radical (unpaired) electrons. The first-order chi connectivity index (χ1) is 7.16. The Morgan fingerprint density at radius 1 is 1.40 bits per heavy atom. The van der Waals surface area contributed by atoms with Crippen LogP contribution in [-0.4, -0.2) is 19.1 Å². The quantitative estimate of drug-likeness (QED) is 0.604. The number of hydrogen-bond acceptors (Lipinski definition) is 3. The molecule has 4 heteroatoms. The molecule has 0 saturated carbocycles. The molecule has 0 aliphatic carbocycles. The molecule has 15 heavy (non-hydrogen) atoms. The first-order valence-electron chi connectivity index (χ1n) is 4.37. The minimum Gasteiger partial charge on any atom is -0.452 e. The number of anilines is 1. The molecule has 76 valence electrons. The molecule has 1 heterocycles. The second kappa shape index (κ2) is 3.24. The van der Waals surface area contributed by atoms with Gasteiger partial charge in [-0.1, -0.05) is 24.8 Å². The number of amides is 2. The minimum absolute atomic E-state index is 0.316. The summed E-state index contributed by atoms with van der Waals surface area (Å²) >= 11 is 0. The predicted molar refractivity (Wildman–Crippen MR) is 55.4 cm³/mol. The first kappa shape index (κ1) is 9.45. The van der Waals surface area contributed by atoms with Gasteiger partial charge in [-0.2, -0.15) is 0 Å². The molecule has 4 nitrogen and oxygen atoms in total. The van der Waals surface area contributed by atoms with Gasteiger partial charge in [-0.3, -0.25) is 4.79 Å². The SMILES string of the molecule is C=C1C(=O)N(C(=O)OC)c2ccccc21. The predicted octanol–water partition coefficient (Wildman–Crippen LogP) is 1.81.